The van der Waals surface area contributed by atoms with E-state index >= 15 is 0 Å². The number of carbonyl (C=O) groups is 1. The van der Waals surface area contributed by atoms with E-state index in [1.807, 2.05) is 6.92 Å². The van der Waals surface area contributed by atoms with Crippen molar-refractivity contribution in [2.24, 2.45) is 0 Å². The highest BCUT2D eigenvalue weighted by molar-refractivity contribution is 7.92. The van der Waals surface area contributed by atoms with E-state index < -0.39 is 26.6 Å². The van der Waals surface area contributed by atoms with E-state index in [-0.39, 0.29) is 17.6 Å². The van der Waals surface area contributed by atoms with Crippen LogP contribution in [0.15, 0.2) is 47.4 Å². The standard InChI is InChI=1S/C18H19F2N3O3S/c1-12-11-23(9-8-21-12)18(24)13-2-4-14(5-3-13)22-27(25,26)15-6-7-16(19)17(20)10-15/h2-7,10,12,21-22H,8-9,11H2,1H3. The van der Waals surface area contributed by atoms with Crippen LogP contribution in [0.1, 0.15) is 17.3 Å². The molecule has 0 spiro atoms. The van der Waals surface area contributed by atoms with E-state index in [4.69, 9.17) is 0 Å². The Hall–Kier alpha value is -2.52. The number of halogens is 2. The maximum atomic E-state index is 13.3. The topological polar surface area (TPSA) is 78.5 Å². The number of hydrogen-bond donors (Lipinski definition) is 2. The van der Waals surface area contributed by atoms with E-state index in [9.17, 15) is 22.0 Å². The van der Waals surface area contributed by atoms with Crippen LogP contribution in [-0.2, 0) is 10.0 Å². The third-order valence-electron chi connectivity index (χ3n) is 4.24. The number of benzene rings is 2. The van der Waals surface area contributed by atoms with Crippen LogP contribution < -0.4 is 10.0 Å². The van der Waals surface area contributed by atoms with Gasteiger partial charge in [0.1, 0.15) is 0 Å². The normalized spacial score (nSPS) is 17.6. The molecular weight excluding hydrogens is 376 g/mol. The number of nitrogens with zero attached hydrogens (tertiary/aromatic N) is 1. The van der Waals surface area contributed by atoms with Crippen molar-refractivity contribution in [3.8, 4) is 0 Å². The molecule has 2 aromatic rings. The fourth-order valence-electron chi connectivity index (χ4n) is 2.84. The summed E-state index contributed by atoms with van der Waals surface area (Å²) in [5.41, 5.74) is 0.657. The number of hydrogen-bond acceptors (Lipinski definition) is 4. The second-order valence-electron chi connectivity index (χ2n) is 6.37. The Labute approximate surface area is 156 Å². The van der Waals surface area contributed by atoms with Crippen molar-refractivity contribution in [3.05, 3.63) is 59.7 Å². The zero-order chi connectivity index (χ0) is 19.6. The Morgan fingerprint density at radius 1 is 1.15 bits per heavy atom. The van der Waals surface area contributed by atoms with E-state index in [1.54, 1.807) is 4.90 Å². The van der Waals surface area contributed by atoms with Gasteiger partial charge in [0.05, 0.1) is 4.90 Å². The Morgan fingerprint density at radius 3 is 2.48 bits per heavy atom. The predicted octanol–water partition coefficient (Wildman–Crippen LogP) is 2.20. The second-order valence-corrected chi connectivity index (χ2v) is 8.05. The highest BCUT2D eigenvalue weighted by atomic mass is 32.2. The van der Waals surface area contributed by atoms with Crippen molar-refractivity contribution in [2.75, 3.05) is 24.4 Å². The first kappa shape index (κ1) is 19.2. The van der Waals surface area contributed by atoms with Crippen molar-refractivity contribution in [2.45, 2.75) is 17.9 Å². The van der Waals surface area contributed by atoms with Crippen LogP contribution in [0.2, 0.25) is 0 Å². The third kappa shape index (κ3) is 4.42. The molecular formula is C18H19F2N3O3S. The summed E-state index contributed by atoms with van der Waals surface area (Å²) < 4.78 is 53.1. The first-order valence-electron chi connectivity index (χ1n) is 8.37. The van der Waals surface area contributed by atoms with Gasteiger partial charge < -0.3 is 10.2 Å². The molecule has 0 saturated carbocycles. The van der Waals surface area contributed by atoms with Crippen molar-refractivity contribution >= 4 is 21.6 Å². The van der Waals surface area contributed by atoms with Gasteiger partial charge in [-0.05, 0) is 49.4 Å². The van der Waals surface area contributed by atoms with Gasteiger partial charge in [0.15, 0.2) is 11.6 Å². The van der Waals surface area contributed by atoms with Gasteiger partial charge in [0.2, 0.25) is 0 Å². The summed E-state index contributed by atoms with van der Waals surface area (Å²) in [6.45, 7) is 3.92. The van der Waals surface area contributed by atoms with Crippen LogP contribution in [0.3, 0.4) is 0 Å². The Kier molecular flexibility index (Phi) is 5.43. The Balaban J connectivity index is 1.73. The van der Waals surface area contributed by atoms with Gasteiger partial charge in [-0.3, -0.25) is 9.52 Å². The average Bonchev–Trinajstić information content (AvgIpc) is 2.63. The molecule has 0 aromatic heterocycles. The maximum absolute atomic E-state index is 13.3. The quantitative estimate of drug-likeness (QED) is 0.832. The summed E-state index contributed by atoms with van der Waals surface area (Å²) in [4.78, 5) is 13.9. The maximum Gasteiger partial charge on any atom is 0.261 e. The first-order valence-corrected chi connectivity index (χ1v) is 9.85. The van der Waals surface area contributed by atoms with E-state index in [1.165, 1.54) is 24.3 Å². The summed E-state index contributed by atoms with van der Waals surface area (Å²) in [6.07, 6.45) is 0. The minimum Gasteiger partial charge on any atom is -0.336 e. The van der Waals surface area contributed by atoms with Gasteiger partial charge in [-0.15, -0.1) is 0 Å². The Morgan fingerprint density at radius 2 is 1.85 bits per heavy atom. The lowest BCUT2D eigenvalue weighted by Gasteiger charge is -2.32. The zero-order valence-corrected chi connectivity index (χ0v) is 15.4. The van der Waals surface area contributed by atoms with Gasteiger partial charge in [-0.25, -0.2) is 17.2 Å². The van der Waals surface area contributed by atoms with Gasteiger partial charge in [0.25, 0.3) is 15.9 Å². The lowest BCUT2D eigenvalue weighted by Crippen LogP contribution is -2.51. The van der Waals surface area contributed by atoms with E-state index in [0.29, 0.717) is 24.7 Å². The third-order valence-corrected chi connectivity index (χ3v) is 5.62. The molecule has 1 heterocycles. The van der Waals surface area contributed by atoms with Crippen molar-refractivity contribution in [1.82, 2.24) is 10.2 Å². The van der Waals surface area contributed by atoms with Crippen molar-refractivity contribution < 1.29 is 22.0 Å². The molecule has 2 aromatic carbocycles. The number of piperazine rings is 1. The van der Waals surface area contributed by atoms with Gasteiger partial charge in [-0.1, -0.05) is 0 Å². The highest BCUT2D eigenvalue weighted by Gasteiger charge is 2.22. The number of rotatable bonds is 4. The monoisotopic (exact) mass is 395 g/mol. The SMILES string of the molecule is CC1CN(C(=O)c2ccc(NS(=O)(=O)c3ccc(F)c(F)c3)cc2)CCN1. The summed E-state index contributed by atoms with van der Waals surface area (Å²) in [7, 11) is -4.07. The molecule has 1 atom stereocenters. The molecule has 1 saturated heterocycles. The van der Waals surface area contributed by atoms with E-state index in [2.05, 4.69) is 10.0 Å². The van der Waals surface area contributed by atoms with Crippen LogP contribution >= 0.6 is 0 Å². The summed E-state index contributed by atoms with van der Waals surface area (Å²) in [5.74, 6) is -2.50. The number of amides is 1. The molecule has 2 N–H and O–H groups in total. The van der Waals surface area contributed by atoms with E-state index in [0.717, 1.165) is 18.7 Å². The number of carbonyl (C=O) groups excluding carboxylic acids is 1. The van der Waals surface area contributed by atoms with Gasteiger partial charge >= 0.3 is 0 Å². The molecule has 9 heteroatoms. The van der Waals surface area contributed by atoms with Crippen LogP contribution in [0, 0.1) is 11.6 Å². The minimum absolute atomic E-state index is 0.127. The van der Waals surface area contributed by atoms with Crippen molar-refractivity contribution in [3.63, 3.8) is 0 Å². The molecule has 27 heavy (non-hydrogen) atoms. The lowest BCUT2D eigenvalue weighted by molar-refractivity contribution is 0.0709. The molecule has 6 nitrogen and oxygen atoms in total. The summed E-state index contributed by atoms with van der Waals surface area (Å²) in [5, 5.41) is 3.26. The fraction of sp³-hybridized carbons (Fsp3) is 0.278. The van der Waals surface area contributed by atoms with Crippen LogP contribution in [-0.4, -0.2) is 44.9 Å². The predicted molar refractivity (Wildman–Crippen MR) is 97.0 cm³/mol. The number of anilines is 1. The first-order chi connectivity index (χ1) is 12.8. The smallest absolute Gasteiger partial charge is 0.261 e. The molecule has 1 aliphatic heterocycles. The largest absolute Gasteiger partial charge is 0.336 e. The average molecular weight is 395 g/mol. The molecule has 0 bridgehead atoms. The zero-order valence-electron chi connectivity index (χ0n) is 14.6. The minimum atomic E-state index is -4.07. The molecule has 1 amide bonds. The molecule has 0 aliphatic carbocycles. The molecule has 1 aliphatic rings. The lowest BCUT2D eigenvalue weighted by atomic mass is 10.1. The van der Waals surface area contributed by atoms with Gasteiger partial charge in [0, 0.05) is 36.9 Å². The summed E-state index contributed by atoms with van der Waals surface area (Å²) in [6, 6.07) is 8.51. The number of nitrogens with one attached hydrogen (secondary N) is 2. The second kappa shape index (κ2) is 7.61. The molecule has 3 rings (SSSR count). The highest BCUT2D eigenvalue weighted by Crippen LogP contribution is 2.19. The van der Waals surface area contributed by atoms with Crippen LogP contribution in [0.25, 0.3) is 0 Å². The molecule has 1 unspecified atom stereocenters. The Bertz CT molecular complexity index is 949. The molecule has 144 valence electrons. The molecule has 1 fully saturated rings. The van der Waals surface area contributed by atoms with Crippen LogP contribution in [0.5, 0.6) is 0 Å². The molecule has 0 radical (unpaired) electrons. The number of sulfonamides is 1. The van der Waals surface area contributed by atoms with Gasteiger partial charge in [-0.2, -0.15) is 0 Å². The summed E-state index contributed by atoms with van der Waals surface area (Å²) >= 11 is 0. The fourth-order valence-corrected chi connectivity index (χ4v) is 3.91. The van der Waals surface area contributed by atoms with Crippen LogP contribution in [0.4, 0.5) is 14.5 Å². The van der Waals surface area contributed by atoms with Crippen molar-refractivity contribution in [1.29, 1.82) is 0 Å².